The predicted molar refractivity (Wildman–Crippen MR) is 119 cm³/mol. The first kappa shape index (κ1) is 21.4. The number of Topliss-reactive ketones (excluding diaryl/α,β-unsaturated/α-hetero) is 1. The van der Waals surface area contributed by atoms with Crippen molar-refractivity contribution in [1.29, 1.82) is 0 Å². The number of nitrogens with zero attached hydrogens (tertiary/aromatic N) is 5. The zero-order valence-corrected chi connectivity index (χ0v) is 19.1. The highest BCUT2D eigenvalue weighted by molar-refractivity contribution is 5.81. The summed E-state index contributed by atoms with van der Waals surface area (Å²) in [6.07, 6.45) is 0. The van der Waals surface area contributed by atoms with E-state index in [0.717, 1.165) is 16.0 Å². The van der Waals surface area contributed by atoms with Crippen LogP contribution in [-0.4, -0.2) is 43.1 Å². The maximum Gasteiger partial charge on any atom is 0.333 e. The number of ketones is 1. The summed E-state index contributed by atoms with van der Waals surface area (Å²) in [6.45, 7) is 6.68. The lowest BCUT2D eigenvalue weighted by molar-refractivity contribution is -0.119. The topological polar surface area (TPSA) is 102 Å². The molecule has 0 aliphatic carbocycles. The molecule has 3 heterocycles. The highest BCUT2D eigenvalue weighted by Gasteiger charge is 2.26. The zero-order valence-electron chi connectivity index (χ0n) is 19.1. The number of carbonyl (C=O) groups excluding carboxylic acids is 1. The number of rotatable bonds is 5. The Balaban J connectivity index is 2.20. The summed E-state index contributed by atoms with van der Waals surface area (Å²) in [4.78, 5) is 43.0. The second-order valence-corrected chi connectivity index (χ2v) is 7.77. The lowest BCUT2D eigenvalue weighted by Gasteiger charge is -2.13. The largest absolute Gasteiger partial charge is 0.497 e. The van der Waals surface area contributed by atoms with Gasteiger partial charge < -0.3 is 9.47 Å². The Labute approximate surface area is 183 Å². The van der Waals surface area contributed by atoms with Crippen molar-refractivity contribution >= 4 is 22.7 Å². The molecule has 10 nitrogen and oxygen atoms in total. The van der Waals surface area contributed by atoms with E-state index in [-0.39, 0.29) is 16.9 Å². The van der Waals surface area contributed by atoms with E-state index in [9.17, 15) is 14.4 Å². The number of hydrogen-bond acceptors (Lipinski definition) is 6. The minimum absolute atomic E-state index is 0.233. The van der Waals surface area contributed by atoms with E-state index >= 15 is 0 Å². The van der Waals surface area contributed by atoms with Crippen molar-refractivity contribution in [2.75, 3.05) is 14.2 Å². The Hall–Kier alpha value is -3.82. The Bertz CT molecular complexity index is 1520. The van der Waals surface area contributed by atoms with Crippen LogP contribution in [0.15, 0.2) is 27.8 Å². The van der Waals surface area contributed by atoms with Crippen LogP contribution in [0, 0.1) is 13.8 Å². The third-order valence-corrected chi connectivity index (χ3v) is 6.07. The van der Waals surface area contributed by atoms with E-state index in [1.807, 2.05) is 24.5 Å². The maximum atomic E-state index is 13.4. The zero-order chi connectivity index (χ0) is 23.5. The molecule has 0 aliphatic heterocycles. The van der Waals surface area contributed by atoms with E-state index in [1.165, 1.54) is 11.5 Å². The van der Waals surface area contributed by atoms with Crippen molar-refractivity contribution in [2.24, 2.45) is 7.05 Å². The molecule has 0 bridgehead atoms. The van der Waals surface area contributed by atoms with E-state index in [0.29, 0.717) is 23.0 Å². The van der Waals surface area contributed by atoms with Gasteiger partial charge in [-0.15, -0.1) is 0 Å². The fraction of sp³-hybridized carbons (Fsp3) is 0.364. The molecule has 10 heteroatoms. The summed E-state index contributed by atoms with van der Waals surface area (Å²) < 4.78 is 16.8. The lowest BCUT2D eigenvalue weighted by atomic mass is 10.2. The first-order valence-corrected chi connectivity index (χ1v) is 10.1. The molecule has 4 rings (SSSR count). The molecule has 1 atom stereocenters. The molecular formula is C22H25N5O5. The van der Waals surface area contributed by atoms with Crippen LogP contribution < -0.4 is 20.7 Å². The van der Waals surface area contributed by atoms with E-state index < -0.39 is 17.3 Å². The van der Waals surface area contributed by atoms with Gasteiger partial charge in [0.25, 0.3) is 5.56 Å². The minimum Gasteiger partial charge on any atom is -0.497 e. The molecule has 0 radical (unpaired) electrons. The molecule has 0 amide bonds. The highest BCUT2D eigenvalue weighted by atomic mass is 16.5. The summed E-state index contributed by atoms with van der Waals surface area (Å²) in [7, 11) is 4.69. The molecule has 0 saturated heterocycles. The van der Waals surface area contributed by atoms with Crippen molar-refractivity contribution in [3.8, 4) is 17.2 Å². The average Bonchev–Trinajstić information content (AvgIpc) is 3.27. The fourth-order valence-corrected chi connectivity index (χ4v) is 4.00. The predicted octanol–water partition coefficient (Wildman–Crippen LogP) is 1.92. The standard InChI is InChI=1S/C22H25N5O5/c1-11-12(2)26-18-19(24(5)22(30)27(20(18)29)13(3)14(4)28)23-21(26)25(11)16-10-15(31-6)8-9-17(16)32-7/h8-10,13H,1-7H3/t13-/m0/s1. The number of benzene rings is 1. The van der Waals surface area contributed by atoms with Crippen LogP contribution in [0.25, 0.3) is 22.6 Å². The number of methoxy groups -OCH3 is 2. The van der Waals surface area contributed by atoms with Crippen LogP contribution in [-0.2, 0) is 11.8 Å². The first-order chi connectivity index (χ1) is 15.1. The summed E-state index contributed by atoms with van der Waals surface area (Å²) in [5, 5.41) is 0. The van der Waals surface area contributed by atoms with Gasteiger partial charge in [0.05, 0.1) is 25.9 Å². The quantitative estimate of drug-likeness (QED) is 0.471. The summed E-state index contributed by atoms with van der Waals surface area (Å²) in [6, 6.07) is 4.51. The second kappa shape index (κ2) is 7.40. The van der Waals surface area contributed by atoms with Crippen molar-refractivity contribution < 1.29 is 14.3 Å². The maximum absolute atomic E-state index is 13.4. The van der Waals surface area contributed by atoms with Crippen molar-refractivity contribution in [2.45, 2.75) is 33.7 Å². The van der Waals surface area contributed by atoms with Crippen molar-refractivity contribution in [3.63, 3.8) is 0 Å². The molecule has 0 spiro atoms. The van der Waals surface area contributed by atoms with Crippen LogP contribution >= 0.6 is 0 Å². The molecule has 32 heavy (non-hydrogen) atoms. The van der Waals surface area contributed by atoms with Crippen LogP contribution in [0.3, 0.4) is 0 Å². The number of imidazole rings is 2. The molecule has 0 saturated carbocycles. The minimum atomic E-state index is -0.891. The number of ether oxygens (including phenoxy) is 2. The third kappa shape index (κ3) is 2.79. The third-order valence-electron chi connectivity index (χ3n) is 6.07. The molecule has 0 unspecified atom stereocenters. The normalized spacial score (nSPS) is 12.5. The molecule has 0 N–H and O–H groups in total. The molecule has 1 aromatic carbocycles. The average molecular weight is 439 g/mol. The lowest BCUT2D eigenvalue weighted by Crippen LogP contribution is -2.42. The molecule has 0 aliphatic rings. The second-order valence-electron chi connectivity index (χ2n) is 7.77. The molecule has 4 aromatic rings. The van der Waals surface area contributed by atoms with Crippen LogP contribution in [0.4, 0.5) is 0 Å². The summed E-state index contributed by atoms with van der Waals surface area (Å²) in [5.41, 5.74) is 1.60. The Kier molecular flexibility index (Phi) is 4.95. The molecular weight excluding hydrogens is 414 g/mol. The van der Waals surface area contributed by atoms with Gasteiger partial charge in [-0.3, -0.25) is 23.1 Å². The van der Waals surface area contributed by atoms with Crippen molar-refractivity contribution in [3.05, 3.63) is 50.4 Å². The van der Waals surface area contributed by atoms with Gasteiger partial charge in [-0.25, -0.2) is 9.36 Å². The smallest absolute Gasteiger partial charge is 0.333 e. The van der Waals surface area contributed by atoms with Gasteiger partial charge in [-0.05, 0) is 39.8 Å². The van der Waals surface area contributed by atoms with E-state index in [2.05, 4.69) is 4.98 Å². The number of fused-ring (bicyclic) bond motifs is 3. The van der Waals surface area contributed by atoms with Gasteiger partial charge in [-0.2, -0.15) is 4.98 Å². The Morgan fingerprint density at radius 2 is 1.78 bits per heavy atom. The van der Waals surface area contributed by atoms with Gasteiger partial charge in [0.1, 0.15) is 11.5 Å². The van der Waals surface area contributed by atoms with Gasteiger partial charge >= 0.3 is 5.69 Å². The summed E-state index contributed by atoms with van der Waals surface area (Å²) in [5.74, 6) is 1.39. The number of aryl methyl sites for hydroxylation is 2. The number of hydrogen-bond donors (Lipinski definition) is 0. The number of aromatic nitrogens is 5. The highest BCUT2D eigenvalue weighted by Crippen LogP contribution is 2.32. The molecule has 0 fully saturated rings. The van der Waals surface area contributed by atoms with E-state index in [1.54, 1.807) is 44.7 Å². The van der Waals surface area contributed by atoms with Crippen LogP contribution in [0.1, 0.15) is 31.3 Å². The van der Waals surface area contributed by atoms with Crippen LogP contribution in [0.2, 0.25) is 0 Å². The summed E-state index contributed by atoms with van der Waals surface area (Å²) >= 11 is 0. The fourth-order valence-electron chi connectivity index (χ4n) is 4.00. The van der Waals surface area contributed by atoms with Gasteiger partial charge in [0.2, 0.25) is 5.78 Å². The molecule has 168 valence electrons. The monoisotopic (exact) mass is 439 g/mol. The van der Waals surface area contributed by atoms with Gasteiger partial charge in [0.15, 0.2) is 16.9 Å². The SMILES string of the molecule is COc1ccc(OC)c(-n2c(C)c(C)n3c4c(=O)n([C@@H](C)C(C)=O)c(=O)n(C)c4nc23)c1. The first-order valence-electron chi connectivity index (χ1n) is 10.1. The Morgan fingerprint density at radius 1 is 1.09 bits per heavy atom. The van der Waals surface area contributed by atoms with Gasteiger partial charge in [-0.1, -0.05) is 0 Å². The Morgan fingerprint density at radius 3 is 2.38 bits per heavy atom. The number of carbonyl (C=O) groups is 1. The van der Waals surface area contributed by atoms with E-state index in [4.69, 9.17) is 9.47 Å². The molecule has 3 aromatic heterocycles. The van der Waals surface area contributed by atoms with Crippen molar-refractivity contribution in [1.82, 2.24) is 23.1 Å². The van der Waals surface area contributed by atoms with Crippen LogP contribution in [0.5, 0.6) is 11.5 Å². The van der Waals surface area contributed by atoms with Gasteiger partial charge in [0, 0.05) is 24.5 Å².